The minimum absolute atomic E-state index is 0. The minimum Gasteiger partial charge on any atom is -0.472 e. The molecule has 0 aliphatic rings. The van der Waals surface area contributed by atoms with E-state index in [0.29, 0.717) is 18.0 Å². The molecule has 0 fully saturated rings. The molecule has 0 aliphatic carbocycles. The highest BCUT2D eigenvalue weighted by Gasteiger charge is 2.18. The molecular weight excluding hydrogens is 354 g/mol. The number of nitrogens with two attached hydrogens (primary N) is 1. The molecule has 0 saturated heterocycles. The van der Waals surface area contributed by atoms with E-state index in [4.69, 9.17) is 10.2 Å². The molecule has 0 radical (unpaired) electrons. The van der Waals surface area contributed by atoms with Crippen LogP contribution in [-0.2, 0) is 4.79 Å². The Hall–Kier alpha value is -2.31. The van der Waals surface area contributed by atoms with Crippen molar-refractivity contribution >= 4 is 24.2 Å². The molecule has 142 valence electrons. The Labute approximate surface area is 159 Å². The lowest BCUT2D eigenvalue weighted by Gasteiger charge is -2.17. The van der Waals surface area contributed by atoms with Crippen molar-refractivity contribution < 1.29 is 14.0 Å². The van der Waals surface area contributed by atoms with Crippen molar-refractivity contribution in [3.05, 3.63) is 59.5 Å². The first-order chi connectivity index (χ1) is 11.9. The largest absolute Gasteiger partial charge is 0.472 e. The van der Waals surface area contributed by atoms with Gasteiger partial charge in [-0.15, -0.1) is 12.4 Å². The number of hydrogen-bond donors (Lipinski definition) is 3. The molecule has 0 bridgehead atoms. The molecule has 2 unspecified atom stereocenters. The van der Waals surface area contributed by atoms with E-state index >= 15 is 0 Å². The van der Waals surface area contributed by atoms with Crippen LogP contribution in [0.2, 0.25) is 0 Å². The second-order valence-electron chi connectivity index (χ2n) is 6.38. The molecule has 2 atom stereocenters. The van der Waals surface area contributed by atoms with Crippen LogP contribution in [0.25, 0.3) is 0 Å². The topological polar surface area (TPSA) is 97.4 Å². The van der Waals surface area contributed by atoms with Gasteiger partial charge in [-0.2, -0.15) is 0 Å². The summed E-state index contributed by atoms with van der Waals surface area (Å²) in [6.07, 6.45) is 2.74. The van der Waals surface area contributed by atoms with Crippen LogP contribution >= 0.6 is 12.4 Å². The zero-order valence-electron chi connectivity index (χ0n) is 15.2. The van der Waals surface area contributed by atoms with Crippen molar-refractivity contribution in [2.75, 3.05) is 6.54 Å². The first kappa shape index (κ1) is 21.7. The Kier molecular flexibility index (Phi) is 8.35. The van der Waals surface area contributed by atoms with Gasteiger partial charge in [0.2, 0.25) is 5.91 Å². The molecular formula is C19H26ClN3O3. The van der Waals surface area contributed by atoms with Crippen molar-refractivity contribution in [3.63, 3.8) is 0 Å². The first-order valence-electron chi connectivity index (χ1n) is 8.34. The molecule has 0 spiro atoms. The smallest absolute Gasteiger partial charge is 0.255 e. The molecule has 4 N–H and O–H groups in total. The lowest BCUT2D eigenvalue weighted by molar-refractivity contribution is -0.122. The standard InChI is InChI=1S/C19H25N3O3.ClH/c1-12(2)14-4-6-15(7-5-14)17(20)10-21-18(23)13(3)22-19(24)16-8-9-25-11-16;/h4-9,11-13,17H,10,20H2,1-3H3,(H,21,23)(H,22,24);1H. The zero-order valence-corrected chi connectivity index (χ0v) is 16.0. The second-order valence-corrected chi connectivity index (χ2v) is 6.38. The van der Waals surface area contributed by atoms with E-state index in [1.54, 1.807) is 6.92 Å². The highest BCUT2D eigenvalue weighted by molar-refractivity contribution is 5.97. The quantitative estimate of drug-likeness (QED) is 0.689. The predicted octanol–water partition coefficient (Wildman–Crippen LogP) is 2.76. The van der Waals surface area contributed by atoms with E-state index in [9.17, 15) is 9.59 Å². The Bertz CT molecular complexity index is 699. The van der Waals surface area contributed by atoms with Crippen molar-refractivity contribution in [1.29, 1.82) is 0 Å². The Morgan fingerprint density at radius 2 is 1.69 bits per heavy atom. The van der Waals surface area contributed by atoms with Gasteiger partial charge in [-0.05, 0) is 30.0 Å². The number of amides is 2. The lowest BCUT2D eigenvalue weighted by Crippen LogP contribution is -2.46. The summed E-state index contributed by atoms with van der Waals surface area (Å²) in [5, 5.41) is 5.38. The molecule has 1 aromatic carbocycles. The van der Waals surface area contributed by atoms with Crippen LogP contribution in [0.3, 0.4) is 0 Å². The third-order valence-electron chi connectivity index (χ3n) is 4.05. The fourth-order valence-electron chi connectivity index (χ4n) is 2.35. The average molecular weight is 380 g/mol. The molecule has 2 amide bonds. The van der Waals surface area contributed by atoms with Gasteiger partial charge in [0.05, 0.1) is 11.8 Å². The normalized spacial score (nSPS) is 12.8. The van der Waals surface area contributed by atoms with Crippen LogP contribution in [0.4, 0.5) is 0 Å². The highest BCUT2D eigenvalue weighted by atomic mass is 35.5. The molecule has 1 aromatic heterocycles. The Morgan fingerprint density at radius 1 is 1.08 bits per heavy atom. The van der Waals surface area contributed by atoms with Gasteiger partial charge in [0.15, 0.2) is 0 Å². The number of rotatable bonds is 7. The van der Waals surface area contributed by atoms with E-state index in [2.05, 4.69) is 36.6 Å². The van der Waals surface area contributed by atoms with E-state index in [-0.39, 0.29) is 30.3 Å². The minimum atomic E-state index is -0.669. The van der Waals surface area contributed by atoms with Gasteiger partial charge >= 0.3 is 0 Å². The zero-order chi connectivity index (χ0) is 18.4. The average Bonchev–Trinajstić information content (AvgIpc) is 3.14. The Morgan fingerprint density at radius 3 is 2.23 bits per heavy atom. The summed E-state index contributed by atoms with van der Waals surface area (Å²) in [7, 11) is 0. The van der Waals surface area contributed by atoms with Gasteiger partial charge in [-0.3, -0.25) is 9.59 Å². The van der Waals surface area contributed by atoms with Crippen molar-refractivity contribution in [2.45, 2.75) is 38.8 Å². The number of hydrogen-bond acceptors (Lipinski definition) is 4. The summed E-state index contributed by atoms with van der Waals surface area (Å²) in [5.74, 6) is -0.180. The third kappa shape index (κ3) is 5.89. The van der Waals surface area contributed by atoms with Crippen molar-refractivity contribution in [3.8, 4) is 0 Å². The molecule has 0 saturated carbocycles. The van der Waals surface area contributed by atoms with Crippen LogP contribution in [0, 0.1) is 0 Å². The highest BCUT2D eigenvalue weighted by Crippen LogP contribution is 2.17. The van der Waals surface area contributed by atoms with Gasteiger partial charge in [-0.25, -0.2) is 0 Å². The van der Waals surface area contributed by atoms with E-state index < -0.39 is 6.04 Å². The van der Waals surface area contributed by atoms with Gasteiger partial charge in [-0.1, -0.05) is 38.1 Å². The number of nitrogens with one attached hydrogen (secondary N) is 2. The second kappa shape index (κ2) is 9.99. The maximum atomic E-state index is 12.1. The van der Waals surface area contributed by atoms with Gasteiger partial charge in [0, 0.05) is 12.6 Å². The van der Waals surface area contributed by atoms with E-state index in [1.807, 2.05) is 12.1 Å². The molecule has 6 nitrogen and oxygen atoms in total. The lowest BCUT2D eigenvalue weighted by atomic mass is 9.99. The summed E-state index contributed by atoms with van der Waals surface area (Å²) in [6, 6.07) is 8.63. The molecule has 26 heavy (non-hydrogen) atoms. The van der Waals surface area contributed by atoms with Gasteiger partial charge < -0.3 is 20.8 Å². The van der Waals surface area contributed by atoms with E-state index in [1.165, 1.54) is 24.2 Å². The Balaban J connectivity index is 0.00000338. The monoisotopic (exact) mass is 379 g/mol. The summed E-state index contributed by atoms with van der Waals surface area (Å²) in [4.78, 5) is 24.0. The van der Waals surface area contributed by atoms with Crippen LogP contribution < -0.4 is 16.4 Å². The number of halogens is 1. The SMILES string of the molecule is CC(NC(=O)c1ccoc1)C(=O)NCC(N)c1ccc(C(C)C)cc1.Cl. The summed E-state index contributed by atoms with van der Waals surface area (Å²) in [6.45, 7) is 6.19. The number of carbonyl (C=O) groups is 2. The fourth-order valence-corrected chi connectivity index (χ4v) is 2.35. The van der Waals surface area contributed by atoms with Gasteiger partial charge in [0.1, 0.15) is 12.3 Å². The number of benzene rings is 1. The number of carbonyl (C=O) groups excluding carboxylic acids is 2. The van der Waals surface area contributed by atoms with Crippen LogP contribution in [-0.4, -0.2) is 24.4 Å². The van der Waals surface area contributed by atoms with Crippen molar-refractivity contribution in [1.82, 2.24) is 10.6 Å². The summed E-state index contributed by atoms with van der Waals surface area (Å²) in [5.41, 5.74) is 8.71. The summed E-state index contributed by atoms with van der Waals surface area (Å²) >= 11 is 0. The molecule has 2 aromatic rings. The molecule has 1 heterocycles. The molecule has 0 aliphatic heterocycles. The van der Waals surface area contributed by atoms with Crippen LogP contribution in [0.1, 0.15) is 54.2 Å². The fraction of sp³-hybridized carbons (Fsp3) is 0.368. The third-order valence-corrected chi connectivity index (χ3v) is 4.05. The number of furan rings is 1. The maximum Gasteiger partial charge on any atom is 0.255 e. The van der Waals surface area contributed by atoms with Crippen LogP contribution in [0.15, 0.2) is 47.3 Å². The first-order valence-corrected chi connectivity index (χ1v) is 8.34. The van der Waals surface area contributed by atoms with Gasteiger partial charge in [0.25, 0.3) is 5.91 Å². The van der Waals surface area contributed by atoms with E-state index in [0.717, 1.165) is 5.56 Å². The summed E-state index contributed by atoms with van der Waals surface area (Å²) < 4.78 is 4.85. The van der Waals surface area contributed by atoms with Crippen molar-refractivity contribution in [2.24, 2.45) is 5.73 Å². The molecule has 2 rings (SSSR count). The molecule has 7 heteroatoms. The van der Waals surface area contributed by atoms with Crippen LogP contribution in [0.5, 0.6) is 0 Å². The predicted molar refractivity (Wildman–Crippen MR) is 103 cm³/mol. The maximum absolute atomic E-state index is 12.1.